The van der Waals surface area contributed by atoms with E-state index in [0.29, 0.717) is 24.0 Å². The molecule has 5 aromatic rings. The minimum absolute atomic E-state index is 0.0176. The quantitative estimate of drug-likeness (QED) is 0.402. The van der Waals surface area contributed by atoms with Crippen molar-refractivity contribution in [2.45, 2.75) is 13.0 Å². The van der Waals surface area contributed by atoms with Gasteiger partial charge in [0.1, 0.15) is 5.52 Å². The molecule has 0 bridgehead atoms. The van der Waals surface area contributed by atoms with Gasteiger partial charge in [0.2, 0.25) is 5.43 Å². The van der Waals surface area contributed by atoms with Crippen LogP contribution >= 0.6 is 0 Å². The molecule has 34 heavy (non-hydrogen) atoms. The number of fused-ring (bicyclic) bond motifs is 1. The molecule has 4 aromatic heterocycles. The molecule has 0 saturated heterocycles. The van der Waals surface area contributed by atoms with Crippen LogP contribution in [0, 0.1) is 0 Å². The third-order valence-electron chi connectivity index (χ3n) is 5.56. The molecule has 7 nitrogen and oxygen atoms in total. The first kappa shape index (κ1) is 21.2. The minimum atomic E-state index is -0.421. The van der Waals surface area contributed by atoms with Crippen molar-refractivity contribution in [3.63, 3.8) is 0 Å². The highest BCUT2D eigenvalue weighted by Gasteiger charge is 2.17. The molecule has 0 unspecified atom stereocenters. The van der Waals surface area contributed by atoms with Gasteiger partial charge in [-0.25, -0.2) is 0 Å². The van der Waals surface area contributed by atoms with Crippen LogP contribution in [-0.2, 0) is 13.0 Å². The second-order valence-electron chi connectivity index (χ2n) is 7.96. The fourth-order valence-electron chi connectivity index (χ4n) is 3.96. The van der Waals surface area contributed by atoms with Crippen molar-refractivity contribution >= 4 is 16.8 Å². The van der Waals surface area contributed by atoms with E-state index in [-0.39, 0.29) is 16.6 Å². The molecule has 1 N–H and O–H groups in total. The van der Waals surface area contributed by atoms with Crippen LogP contribution < -0.4 is 11.0 Å². The standard InChI is InChI=1S/C27H20N4O3/c32-24-8-2-4-11-31(24)17-19-12-18(15-21-6-1-3-9-28-21)13-20(14-19)26(33)22-16-30-23-7-5-10-29-25(23)27(22)34/h1-14,16H,15,17H2,(H,30,34). The maximum Gasteiger partial charge on any atom is 0.250 e. The average Bonchev–Trinajstić information content (AvgIpc) is 2.86. The summed E-state index contributed by atoms with van der Waals surface area (Å²) in [7, 11) is 0. The molecule has 1 aromatic carbocycles. The number of benzene rings is 1. The van der Waals surface area contributed by atoms with Crippen LogP contribution in [0.3, 0.4) is 0 Å². The van der Waals surface area contributed by atoms with Gasteiger partial charge in [0.15, 0.2) is 5.78 Å². The molecule has 0 aliphatic rings. The van der Waals surface area contributed by atoms with Crippen LogP contribution in [0.15, 0.2) is 101 Å². The number of ketones is 1. The Labute approximate surface area is 194 Å². The van der Waals surface area contributed by atoms with Crippen LogP contribution in [0.2, 0.25) is 0 Å². The van der Waals surface area contributed by atoms with E-state index >= 15 is 0 Å². The van der Waals surface area contributed by atoms with Gasteiger partial charge in [0.05, 0.1) is 17.6 Å². The Balaban J connectivity index is 1.59. The number of aromatic nitrogens is 4. The first-order valence-corrected chi connectivity index (χ1v) is 10.8. The number of aromatic amines is 1. The number of hydrogen-bond donors (Lipinski definition) is 1. The summed E-state index contributed by atoms with van der Waals surface area (Å²) in [5.74, 6) is -0.404. The zero-order chi connectivity index (χ0) is 23.5. The SMILES string of the molecule is O=C(c1cc(Cc2ccccn2)cc(Cn2ccccc2=O)c1)c1c[nH]c2cccnc2c1=O. The lowest BCUT2D eigenvalue weighted by atomic mass is 9.96. The van der Waals surface area contributed by atoms with Gasteiger partial charge in [-0.1, -0.05) is 18.2 Å². The molecule has 0 radical (unpaired) electrons. The van der Waals surface area contributed by atoms with Crippen LogP contribution in [0.4, 0.5) is 0 Å². The summed E-state index contributed by atoms with van der Waals surface area (Å²) >= 11 is 0. The summed E-state index contributed by atoms with van der Waals surface area (Å²) in [5.41, 5.74) is 3.10. The number of nitrogens with zero attached hydrogens (tertiary/aromatic N) is 3. The zero-order valence-electron chi connectivity index (χ0n) is 18.1. The fraction of sp³-hybridized carbons (Fsp3) is 0.0741. The lowest BCUT2D eigenvalue weighted by Crippen LogP contribution is -2.20. The second-order valence-corrected chi connectivity index (χ2v) is 7.96. The monoisotopic (exact) mass is 448 g/mol. The van der Waals surface area contributed by atoms with Crippen molar-refractivity contribution in [2.24, 2.45) is 0 Å². The first-order chi connectivity index (χ1) is 16.6. The highest BCUT2D eigenvalue weighted by Crippen LogP contribution is 2.18. The van der Waals surface area contributed by atoms with Crippen molar-refractivity contribution in [3.8, 4) is 0 Å². The van der Waals surface area contributed by atoms with Gasteiger partial charge in [-0.2, -0.15) is 0 Å². The van der Waals surface area contributed by atoms with Crippen LogP contribution in [-0.4, -0.2) is 25.3 Å². The van der Waals surface area contributed by atoms with E-state index in [2.05, 4.69) is 15.0 Å². The number of carbonyl (C=O) groups is 1. The normalized spacial score (nSPS) is 10.9. The summed E-state index contributed by atoms with van der Waals surface area (Å²) in [6.07, 6.45) is 6.89. The number of rotatable bonds is 6. The predicted octanol–water partition coefficient (Wildman–Crippen LogP) is 3.35. The van der Waals surface area contributed by atoms with Crippen LogP contribution in [0.5, 0.6) is 0 Å². The molecule has 166 valence electrons. The van der Waals surface area contributed by atoms with Gasteiger partial charge in [-0.15, -0.1) is 0 Å². The molecule has 7 heteroatoms. The van der Waals surface area contributed by atoms with Crippen LogP contribution in [0.25, 0.3) is 11.0 Å². The highest BCUT2D eigenvalue weighted by molar-refractivity contribution is 6.10. The number of nitrogens with one attached hydrogen (secondary N) is 1. The van der Waals surface area contributed by atoms with Gasteiger partial charge in [0, 0.05) is 48.5 Å². The van der Waals surface area contributed by atoms with Crippen molar-refractivity contribution in [2.75, 3.05) is 0 Å². The van der Waals surface area contributed by atoms with Crippen LogP contribution in [0.1, 0.15) is 32.7 Å². The lowest BCUT2D eigenvalue weighted by Gasteiger charge is -2.11. The molecule has 0 spiro atoms. The zero-order valence-corrected chi connectivity index (χ0v) is 18.1. The molecule has 0 atom stereocenters. The number of carbonyl (C=O) groups excluding carboxylic acids is 1. The van der Waals surface area contributed by atoms with E-state index in [9.17, 15) is 14.4 Å². The van der Waals surface area contributed by atoms with Gasteiger partial charge in [-0.3, -0.25) is 24.4 Å². The number of H-pyrrole nitrogens is 1. The van der Waals surface area contributed by atoms with Crippen molar-refractivity contribution in [3.05, 3.63) is 140 Å². The predicted molar refractivity (Wildman–Crippen MR) is 129 cm³/mol. The number of hydrogen-bond acceptors (Lipinski definition) is 5. The van der Waals surface area contributed by atoms with E-state index < -0.39 is 11.2 Å². The van der Waals surface area contributed by atoms with E-state index in [4.69, 9.17) is 0 Å². The minimum Gasteiger partial charge on any atom is -0.359 e. The molecule has 0 aliphatic heterocycles. The molecular formula is C27H20N4O3. The first-order valence-electron chi connectivity index (χ1n) is 10.8. The Morgan fingerprint density at radius 1 is 0.882 bits per heavy atom. The number of pyridine rings is 4. The van der Waals surface area contributed by atoms with Gasteiger partial charge >= 0.3 is 0 Å². The van der Waals surface area contributed by atoms with Gasteiger partial charge < -0.3 is 9.55 Å². The van der Waals surface area contributed by atoms with E-state index in [1.807, 2.05) is 24.3 Å². The Morgan fingerprint density at radius 3 is 2.53 bits per heavy atom. The van der Waals surface area contributed by atoms with Crippen molar-refractivity contribution in [1.82, 2.24) is 19.5 Å². The largest absolute Gasteiger partial charge is 0.359 e. The molecule has 0 fully saturated rings. The molecule has 0 saturated carbocycles. The summed E-state index contributed by atoms with van der Waals surface area (Å²) in [5, 5.41) is 0. The molecule has 4 heterocycles. The van der Waals surface area contributed by atoms with E-state index in [1.165, 1.54) is 18.5 Å². The summed E-state index contributed by atoms with van der Waals surface area (Å²) in [4.78, 5) is 50.2. The molecule has 0 aliphatic carbocycles. The van der Waals surface area contributed by atoms with E-state index in [0.717, 1.165) is 16.8 Å². The van der Waals surface area contributed by atoms with Gasteiger partial charge in [0.25, 0.3) is 5.56 Å². The van der Waals surface area contributed by atoms with Crippen molar-refractivity contribution < 1.29 is 4.79 Å². The maximum atomic E-state index is 13.5. The highest BCUT2D eigenvalue weighted by atomic mass is 16.1. The Morgan fingerprint density at radius 2 is 1.71 bits per heavy atom. The smallest absolute Gasteiger partial charge is 0.250 e. The maximum absolute atomic E-state index is 13.5. The third-order valence-corrected chi connectivity index (χ3v) is 5.56. The Bertz CT molecular complexity index is 1620. The fourth-order valence-corrected chi connectivity index (χ4v) is 3.96. The van der Waals surface area contributed by atoms with E-state index in [1.54, 1.807) is 53.4 Å². The van der Waals surface area contributed by atoms with Gasteiger partial charge in [-0.05, 0) is 53.6 Å². The summed E-state index contributed by atoms with van der Waals surface area (Å²) < 4.78 is 1.57. The lowest BCUT2D eigenvalue weighted by molar-refractivity contribution is 0.103. The van der Waals surface area contributed by atoms with Crippen molar-refractivity contribution in [1.29, 1.82) is 0 Å². The Hall–Kier alpha value is -4.65. The molecular weight excluding hydrogens is 428 g/mol. The second kappa shape index (κ2) is 9.07. The molecule has 5 rings (SSSR count). The Kier molecular flexibility index (Phi) is 5.66. The summed E-state index contributed by atoms with van der Waals surface area (Å²) in [6.45, 7) is 0.297. The summed E-state index contributed by atoms with van der Waals surface area (Å²) in [6, 6.07) is 19.5. The average molecular weight is 448 g/mol. The third kappa shape index (κ3) is 4.31. The topological polar surface area (TPSA) is 97.7 Å². The molecule has 0 amide bonds.